The highest BCUT2D eigenvalue weighted by Crippen LogP contribution is 2.25. The van der Waals surface area contributed by atoms with Gasteiger partial charge >= 0.3 is 5.69 Å². The molecule has 0 radical (unpaired) electrons. The second-order valence-corrected chi connectivity index (χ2v) is 4.53. The zero-order chi connectivity index (χ0) is 14.2. The fourth-order valence-electron chi connectivity index (χ4n) is 2.23. The third-order valence-corrected chi connectivity index (χ3v) is 3.28. The molecule has 1 aliphatic heterocycles. The SMILES string of the molecule is CC1CCCN1C(=O)c1cc(F)c([N+](=O)[O-])cc1F. The van der Waals surface area contributed by atoms with Gasteiger partial charge in [0.05, 0.1) is 16.6 Å². The van der Waals surface area contributed by atoms with Crippen molar-refractivity contribution >= 4 is 11.6 Å². The molecule has 1 aromatic carbocycles. The third kappa shape index (κ3) is 2.40. The number of rotatable bonds is 2. The van der Waals surface area contributed by atoms with E-state index in [0.717, 1.165) is 12.8 Å². The first-order valence-electron chi connectivity index (χ1n) is 5.86. The summed E-state index contributed by atoms with van der Waals surface area (Å²) in [6, 6.07) is 1.01. The summed E-state index contributed by atoms with van der Waals surface area (Å²) in [5.74, 6) is -2.91. The zero-order valence-corrected chi connectivity index (χ0v) is 10.2. The Kier molecular flexibility index (Phi) is 3.46. The minimum Gasteiger partial charge on any atom is -0.336 e. The number of nitro groups is 1. The number of likely N-dealkylation sites (tertiary alicyclic amines) is 1. The second kappa shape index (κ2) is 4.91. The molecule has 1 aliphatic rings. The number of carbonyl (C=O) groups excluding carboxylic acids is 1. The number of amides is 1. The summed E-state index contributed by atoms with van der Waals surface area (Å²) in [4.78, 5) is 23.0. The minimum atomic E-state index is -1.21. The summed E-state index contributed by atoms with van der Waals surface area (Å²) >= 11 is 0. The molecule has 1 aromatic rings. The van der Waals surface area contributed by atoms with Gasteiger partial charge in [-0.3, -0.25) is 14.9 Å². The predicted molar refractivity (Wildman–Crippen MR) is 62.7 cm³/mol. The van der Waals surface area contributed by atoms with Gasteiger partial charge in [-0.05, 0) is 25.8 Å². The summed E-state index contributed by atoms with van der Waals surface area (Å²) in [6.07, 6.45) is 1.62. The van der Waals surface area contributed by atoms with E-state index < -0.39 is 33.7 Å². The van der Waals surface area contributed by atoms with Crippen LogP contribution in [0.15, 0.2) is 12.1 Å². The van der Waals surface area contributed by atoms with Gasteiger partial charge in [-0.25, -0.2) is 4.39 Å². The van der Waals surface area contributed by atoms with Crippen molar-refractivity contribution in [3.63, 3.8) is 0 Å². The van der Waals surface area contributed by atoms with Crippen molar-refractivity contribution in [1.82, 2.24) is 4.90 Å². The van der Waals surface area contributed by atoms with Crippen molar-refractivity contribution in [2.75, 3.05) is 6.54 Å². The Labute approximate surface area is 108 Å². The summed E-state index contributed by atoms with van der Waals surface area (Å²) in [6.45, 7) is 2.31. The average molecular weight is 270 g/mol. The molecule has 1 heterocycles. The maximum Gasteiger partial charge on any atom is 0.307 e. The smallest absolute Gasteiger partial charge is 0.307 e. The Morgan fingerprint density at radius 1 is 1.42 bits per heavy atom. The molecule has 1 fully saturated rings. The van der Waals surface area contributed by atoms with Crippen molar-refractivity contribution < 1.29 is 18.5 Å². The van der Waals surface area contributed by atoms with Crippen LogP contribution >= 0.6 is 0 Å². The number of hydrogen-bond donors (Lipinski definition) is 0. The molecule has 1 atom stereocenters. The number of carbonyl (C=O) groups is 1. The molecule has 102 valence electrons. The molecule has 0 aromatic heterocycles. The van der Waals surface area contributed by atoms with Gasteiger partial charge in [0, 0.05) is 12.6 Å². The van der Waals surface area contributed by atoms with Gasteiger partial charge in [0.2, 0.25) is 5.82 Å². The molecular formula is C12H12F2N2O3. The molecule has 0 aliphatic carbocycles. The summed E-state index contributed by atoms with van der Waals surface area (Å²) in [7, 11) is 0. The zero-order valence-electron chi connectivity index (χ0n) is 10.2. The molecular weight excluding hydrogens is 258 g/mol. The maximum absolute atomic E-state index is 13.7. The second-order valence-electron chi connectivity index (χ2n) is 4.53. The van der Waals surface area contributed by atoms with Crippen molar-refractivity contribution in [2.24, 2.45) is 0 Å². The molecule has 1 unspecified atom stereocenters. The average Bonchev–Trinajstić information content (AvgIpc) is 2.76. The van der Waals surface area contributed by atoms with E-state index in [0.29, 0.717) is 18.7 Å². The first-order chi connectivity index (χ1) is 8.91. The van der Waals surface area contributed by atoms with Crippen molar-refractivity contribution in [3.05, 3.63) is 39.4 Å². The van der Waals surface area contributed by atoms with E-state index in [4.69, 9.17) is 0 Å². The fourth-order valence-corrected chi connectivity index (χ4v) is 2.23. The number of hydrogen-bond acceptors (Lipinski definition) is 3. The normalized spacial score (nSPS) is 18.7. The van der Waals surface area contributed by atoms with Crippen LogP contribution in [0.1, 0.15) is 30.1 Å². The standard InChI is InChI=1S/C12H12F2N2O3/c1-7-3-2-4-15(7)12(17)8-5-10(14)11(16(18)19)6-9(8)13/h5-7H,2-4H2,1H3. The van der Waals surface area contributed by atoms with E-state index in [9.17, 15) is 23.7 Å². The van der Waals surface area contributed by atoms with Gasteiger partial charge in [-0.1, -0.05) is 0 Å². The van der Waals surface area contributed by atoms with Gasteiger partial charge in [0.15, 0.2) is 0 Å². The number of nitrogens with zero attached hydrogens (tertiary/aromatic N) is 2. The lowest BCUT2D eigenvalue weighted by Gasteiger charge is -2.21. The van der Waals surface area contributed by atoms with Crippen LogP contribution in [-0.4, -0.2) is 28.3 Å². The van der Waals surface area contributed by atoms with Crippen LogP contribution in [0.25, 0.3) is 0 Å². The first-order valence-corrected chi connectivity index (χ1v) is 5.86. The lowest BCUT2D eigenvalue weighted by Crippen LogP contribution is -2.34. The highest BCUT2D eigenvalue weighted by molar-refractivity contribution is 5.95. The fraction of sp³-hybridized carbons (Fsp3) is 0.417. The molecule has 0 saturated carbocycles. The largest absolute Gasteiger partial charge is 0.336 e. The van der Waals surface area contributed by atoms with E-state index >= 15 is 0 Å². The monoisotopic (exact) mass is 270 g/mol. The quantitative estimate of drug-likeness (QED) is 0.612. The van der Waals surface area contributed by atoms with Crippen LogP contribution in [0.5, 0.6) is 0 Å². The number of halogens is 2. The predicted octanol–water partition coefficient (Wildman–Crippen LogP) is 2.50. The molecule has 2 rings (SSSR count). The Morgan fingerprint density at radius 2 is 2.11 bits per heavy atom. The first kappa shape index (κ1) is 13.4. The van der Waals surface area contributed by atoms with Crippen LogP contribution in [0.3, 0.4) is 0 Å². The van der Waals surface area contributed by atoms with Gasteiger partial charge in [-0.15, -0.1) is 0 Å². The van der Waals surface area contributed by atoms with Gasteiger partial charge in [-0.2, -0.15) is 4.39 Å². The van der Waals surface area contributed by atoms with Crippen LogP contribution < -0.4 is 0 Å². The summed E-state index contributed by atoms with van der Waals surface area (Å²) < 4.78 is 27.1. The van der Waals surface area contributed by atoms with Crippen molar-refractivity contribution in [3.8, 4) is 0 Å². The van der Waals surface area contributed by atoms with Gasteiger partial charge < -0.3 is 4.90 Å². The van der Waals surface area contributed by atoms with E-state index in [1.165, 1.54) is 4.90 Å². The maximum atomic E-state index is 13.7. The van der Waals surface area contributed by atoms with Crippen molar-refractivity contribution in [1.29, 1.82) is 0 Å². The Hall–Kier alpha value is -2.05. The highest BCUT2D eigenvalue weighted by Gasteiger charge is 2.30. The van der Waals surface area contributed by atoms with E-state index in [1.54, 1.807) is 0 Å². The highest BCUT2D eigenvalue weighted by atomic mass is 19.1. The van der Waals surface area contributed by atoms with E-state index in [2.05, 4.69) is 0 Å². The van der Waals surface area contributed by atoms with Gasteiger partial charge in [0.1, 0.15) is 5.82 Å². The molecule has 0 spiro atoms. The molecule has 7 heteroatoms. The Bertz CT molecular complexity index is 548. The van der Waals surface area contributed by atoms with Crippen LogP contribution in [-0.2, 0) is 0 Å². The van der Waals surface area contributed by atoms with Crippen LogP contribution in [0, 0.1) is 21.7 Å². The van der Waals surface area contributed by atoms with E-state index in [-0.39, 0.29) is 6.04 Å². The van der Waals surface area contributed by atoms with E-state index in [1.807, 2.05) is 6.92 Å². The van der Waals surface area contributed by atoms with Crippen LogP contribution in [0.4, 0.5) is 14.5 Å². The topological polar surface area (TPSA) is 63.5 Å². The number of nitro benzene ring substituents is 1. The van der Waals surface area contributed by atoms with Crippen LogP contribution in [0.2, 0.25) is 0 Å². The lowest BCUT2D eigenvalue weighted by molar-refractivity contribution is -0.387. The molecule has 0 N–H and O–H groups in total. The summed E-state index contributed by atoms with van der Waals surface area (Å²) in [5, 5.41) is 10.5. The minimum absolute atomic E-state index is 0.0369. The Morgan fingerprint density at radius 3 is 2.63 bits per heavy atom. The Balaban J connectivity index is 2.38. The molecule has 5 nitrogen and oxygen atoms in total. The summed E-state index contributed by atoms with van der Waals surface area (Å²) in [5.41, 5.74) is -1.43. The third-order valence-electron chi connectivity index (χ3n) is 3.28. The molecule has 1 saturated heterocycles. The lowest BCUT2D eigenvalue weighted by atomic mass is 10.1. The number of benzene rings is 1. The molecule has 0 bridgehead atoms. The van der Waals surface area contributed by atoms with Crippen molar-refractivity contribution in [2.45, 2.75) is 25.8 Å². The molecule has 19 heavy (non-hydrogen) atoms. The van der Waals surface area contributed by atoms with Gasteiger partial charge in [0.25, 0.3) is 5.91 Å². The molecule has 1 amide bonds.